The van der Waals surface area contributed by atoms with Crippen molar-refractivity contribution in [2.45, 2.75) is 25.8 Å². The van der Waals surface area contributed by atoms with Gasteiger partial charge in [0.05, 0.1) is 24.3 Å². The van der Waals surface area contributed by atoms with E-state index in [4.69, 9.17) is 21.1 Å². The highest BCUT2D eigenvalue weighted by Gasteiger charge is 2.06. The molecule has 19 heavy (non-hydrogen) atoms. The number of hydrogen-bond donors (Lipinski definition) is 0. The van der Waals surface area contributed by atoms with Crippen molar-refractivity contribution >= 4 is 22.4 Å². The molecule has 0 N–H and O–H groups in total. The molecule has 0 radical (unpaired) electrons. The summed E-state index contributed by atoms with van der Waals surface area (Å²) < 4.78 is 11.2. The van der Waals surface area contributed by atoms with Crippen molar-refractivity contribution in [1.82, 2.24) is 4.98 Å². The summed E-state index contributed by atoms with van der Waals surface area (Å²) in [5.74, 6) is 1.00. The summed E-state index contributed by atoms with van der Waals surface area (Å²) in [6, 6.07) is 9.98. The summed E-state index contributed by atoms with van der Waals surface area (Å²) in [6.45, 7) is 5.04. The van der Waals surface area contributed by atoms with E-state index in [0.717, 1.165) is 16.5 Å². The summed E-state index contributed by atoms with van der Waals surface area (Å²) in [5.41, 5.74) is 0.820. The van der Waals surface area contributed by atoms with Crippen LogP contribution in [0.5, 0.6) is 5.88 Å². The summed E-state index contributed by atoms with van der Waals surface area (Å²) in [7, 11) is 0. The Kier molecular flexibility index (Phi) is 5.00. The van der Waals surface area contributed by atoms with E-state index in [1.807, 2.05) is 44.2 Å². The Morgan fingerprint density at radius 1 is 1.21 bits per heavy atom. The van der Waals surface area contributed by atoms with Gasteiger partial charge in [-0.2, -0.15) is 0 Å². The van der Waals surface area contributed by atoms with Crippen LogP contribution in [0.2, 0.25) is 0 Å². The smallest absolute Gasteiger partial charge is 0.221 e. The van der Waals surface area contributed by atoms with Crippen LogP contribution in [0.3, 0.4) is 0 Å². The van der Waals surface area contributed by atoms with E-state index in [1.54, 1.807) is 0 Å². The molecule has 1 heterocycles. The van der Waals surface area contributed by atoms with Crippen LogP contribution in [0.25, 0.3) is 10.8 Å². The van der Waals surface area contributed by atoms with Crippen LogP contribution in [0.1, 0.15) is 19.5 Å². The van der Waals surface area contributed by atoms with Gasteiger partial charge in [-0.25, -0.2) is 4.98 Å². The Hall–Kier alpha value is -1.32. The molecule has 3 nitrogen and oxygen atoms in total. The van der Waals surface area contributed by atoms with E-state index in [9.17, 15) is 0 Å². The van der Waals surface area contributed by atoms with E-state index >= 15 is 0 Å². The van der Waals surface area contributed by atoms with Gasteiger partial charge >= 0.3 is 0 Å². The van der Waals surface area contributed by atoms with E-state index in [1.165, 1.54) is 0 Å². The highest BCUT2D eigenvalue weighted by atomic mass is 35.5. The molecule has 0 aliphatic heterocycles. The van der Waals surface area contributed by atoms with Crippen molar-refractivity contribution < 1.29 is 9.47 Å². The number of nitrogens with zero attached hydrogens (tertiary/aromatic N) is 1. The van der Waals surface area contributed by atoms with Crippen LogP contribution >= 0.6 is 11.6 Å². The average Bonchev–Trinajstić information content (AvgIpc) is 2.42. The van der Waals surface area contributed by atoms with Gasteiger partial charge in [0.2, 0.25) is 5.88 Å². The molecule has 0 amide bonds. The zero-order valence-corrected chi connectivity index (χ0v) is 12.0. The summed E-state index contributed by atoms with van der Waals surface area (Å²) in [6.07, 6.45) is 0.211. The second kappa shape index (κ2) is 6.73. The number of fused-ring (bicyclic) bond motifs is 1. The zero-order valence-electron chi connectivity index (χ0n) is 11.2. The molecule has 0 spiro atoms. The summed E-state index contributed by atoms with van der Waals surface area (Å²) in [4.78, 5) is 4.43. The van der Waals surface area contributed by atoms with E-state index < -0.39 is 0 Å². The van der Waals surface area contributed by atoms with Crippen molar-refractivity contribution in [3.63, 3.8) is 0 Å². The maximum Gasteiger partial charge on any atom is 0.221 e. The Morgan fingerprint density at radius 3 is 2.74 bits per heavy atom. The lowest BCUT2D eigenvalue weighted by atomic mass is 10.1. The van der Waals surface area contributed by atoms with Crippen molar-refractivity contribution in [3.05, 3.63) is 36.0 Å². The molecule has 0 aliphatic rings. The first-order valence-electron chi connectivity index (χ1n) is 6.39. The highest BCUT2D eigenvalue weighted by Crippen LogP contribution is 2.25. The van der Waals surface area contributed by atoms with Crippen LogP contribution in [0, 0.1) is 0 Å². The molecule has 0 unspecified atom stereocenters. The monoisotopic (exact) mass is 279 g/mol. The number of halogens is 1. The average molecular weight is 280 g/mol. The van der Waals surface area contributed by atoms with Crippen LogP contribution in [0.4, 0.5) is 0 Å². The number of pyridine rings is 1. The molecule has 2 rings (SSSR count). The van der Waals surface area contributed by atoms with Gasteiger partial charge in [-0.05, 0) is 31.4 Å². The van der Waals surface area contributed by atoms with Gasteiger partial charge in [-0.1, -0.05) is 18.2 Å². The lowest BCUT2D eigenvalue weighted by Gasteiger charge is -2.11. The molecule has 4 heteroatoms. The third-order valence-electron chi connectivity index (χ3n) is 2.67. The minimum atomic E-state index is 0.211. The van der Waals surface area contributed by atoms with Gasteiger partial charge in [0.25, 0.3) is 0 Å². The molecule has 1 aromatic carbocycles. The van der Waals surface area contributed by atoms with Crippen LogP contribution in [-0.4, -0.2) is 24.3 Å². The molecule has 1 aromatic heterocycles. The number of hydrogen-bond acceptors (Lipinski definition) is 3. The molecule has 2 aromatic rings. The first-order valence-corrected chi connectivity index (χ1v) is 6.93. The van der Waals surface area contributed by atoms with Gasteiger partial charge < -0.3 is 9.47 Å². The summed E-state index contributed by atoms with van der Waals surface area (Å²) >= 11 is 5.86. The maximum atomic E-state index is 5.86. The predicted octanol–water partition coefficient (Wildman–Crippen LogP) is 3.78. The van der Waals surface area contributed by atoms with Crippen LogP contribution in [0.15, 0.2) is 30.3 Å². The van der Waals surface area contributed by atoms with Gasteiger partial charge in [0.1, 0.15) is 6.61 Å². The molecule has 0 atom stereocenters. The largest absolute Gasteiger partial charge is 0.475 e. The number of ether oxygens (including phenoxy) is 2. The second-order valence-electron chi connectivity index (χ2n) is 4.54. The Labute approximate surface area is 118 Å². The van der Waals surface area contributed by atoms with Gasteiger partial charge in [-0.15, -0.1) is 11.6 Å². The van der Waals surface area contributed by atoms with Crippen molar-refractivity contribution in [2.24, 2.45) is 0 Å². The molecule has 102 valence electrons. The normalized spacial score (nSPS) is 11.2. The Bertz CT molecular complexity index is 543. The van der Waals surface area contributed by atoms with E-state index in [0.29, 0.717) is 25.0 Å². The molecule has 0 bridgehead atoms. The van der Waals surface area contributed by atoms with Gasteiger partial charge in [-0.3, -0.25) is 0 Å². The summed E-state index contributed by atoms with van der Waals surface area (Å²) in [5, 5.41) is 2.09. The molecular weight excluding hydrogens is 262 g/mol. The lowest BCUT2D eigenvalue weighted by molar-refractivity contribution is 0.0546. The van der Waals surface area contributed by atoms with Crippen LogP contribution < -0.4 is 4.74 Å². The Balaban J connectivity index is 2.16. The number of alkyl halides is 1. The van der Waals surface area contributed by atoms with Gasteiger partial charge in [0.15, 0.2) is 0 Å². The lowest BCUT2D eigenvalue weighted by Crippen LogP contribution is -2.12. The minimum Gasteiger partial charge on any atom is -0.475 e. The van der Waals surface area contributed by atoms with Crippen molar-refractivity contribution in [2.75, 3.05) is 13.2 Å². The number of aromatic nitrogens is 1. The SMILES string of the molecule is CC(C)OCCOc1nc(CCl)cc2ccccc12. The van der Waals surface area contributed by atoms with Gasteiger partial charge in [0, 0.05) is 5.39 Å². The Morgan fingerprint density at radius 2 is 2.00 bits per heavy atom. The highest BCUT2D eigenvalue weighted by molar-refractivity contribution is 6.17. The van der Waals surface area contributed by atoms with Crippen molar-refractivity contribution in [1.29, 1.82) is 0 Å². The van der Waals surface area contributed by atoms with E-state index in [2.05, 4.69) is 4.98 Å². The fourth-order valence-electron chi connectivity index (χ4n) is 1.82. The van der Waals surface area contributed by atoms with Crippen LogP contribution in [-0.2, 0) is 10.6 Å². The fourth-order valence-corrected chi connectivity index (χ4v) is 1.96. The molecule has 0 aliphatic carbocycles. The number of benzene rings is 1. The predicted molar refractivity (Wildman–Crippen MR) is 77.9 cm³/mol. The second-order valence-corrected chi connectivity index (χ2v) is 4.81. The minimum absolute atomic E-state index is 0.211. The first kappa shape index (κ1) is 14.1. The first-order chi connectivity index (χ1) is 9.20. The third-order valence-corrected chi connectivity index (χ3v) is 2.94. The topological polar surface area (TPSA) is 31.4 Å². The zero-order chi connectivity index (χ0) is 13.7. The molecular formula is C15H18ClNO2. The van der Waals surface area contributed by atoms with Crippen molar-refractivity contribution in [3.8, 4) is 5.88 Å². The fraction of sp³-hybridized carbons (Fsp3) is 0.400. The quantitative estimate of drug-likeness (QED) is 0.596. The maximum absolute atomic E-state index is 5.86. The molecule has 0 fully saturated rings. The number of rotatable bonds is 6. The molecule has 0 saturated heterocycles. The third kappa shape index (κ3) is 3.82. The molecule has 0 saturated carbocycles. The standard InChI is InChI=1S/C15H18ClNO2/c1-11(2)18-7-8-19-15-14-6-4-3-5-12(14)9-13(10-16)17-15/h3-6,9,11H,7-8,10H2,1-2H3. The van der Waals surface area contributed by atoms with E-state index in [-0.39, 0.29) is 6.10 Å².